The summed E-state index contributed by atoms with van der Waals surface area (Å²) in [6.07, 6.45) is 1.97. The number of nitrogens with two attached hydrogens (primary N) is 1. The molecule has 86 valence electrons. The molecule has 0 bridgehead atoms. The van der Waals surface area contributed by atoms with Gasteiger partial charge < -0.3 is 15.6 Å². The van der Waals surface area contributed by atoms with Crippen LogP contribution in [0.3, 0.4) is 0 Å². The third-order valence-corrected chi connectivity index (χ3v) is 3.03. The van der Waals surface area contributed by atoms with E-state index in [0.29, 0.717) is 17.9 Å². The van der Waals surface area contributed by atoms with Gasteiger partial charge in [-0.05, 0) is 44.6 Å². The lowest BCUT2D eigenvalue weighted by Crippen LogP contribution is -2.35. The van der Waals surface area contributed by atoms with E-state index in [1.807, 2.05) is 12.3 Å². The highest BCUT2D eigenvalue weighted by atomic mass is 15.1. The molecule has 0 spiro atoms. The zero-order valence-electron chi connectivity index (χ0n) is 10.2. The Morgan fingerprint density at radius 2 is 2.07 bits per heavy atom. The molecule has 2 atom stereocenters. The van der Waals surface area contributed by atoms with Crippen molar-refractivity contribution in [2.24, 2.45) is 17.6 Å². The van der Waals surface area contributed by atoms with Crippen molar-refractivity contribution in [2.45, 2.75) is 19.9 Å². The highest BCUT2D eigenvalue weighted by molar-refractivity contribution is 5.11. The summed E-state index contributed by atoms with van der Waals surface area (Å²) in [5.41, 5.74) is 7.13. The quantitative estimate of drug-likeness (QED) is 0.777. The van der Waals surface area contributed by atoms with E-state index in [4.69, 9.17) is 5.73 Å². The fraction of sp³-hybridized carbons (Fsp3) is 0.667. The molecule has 1 aromatic rings. The Balaban J connectivity index is 2.91. The Morgan fingerprint density at radius 3 is 2.40 bits per heavy atom. The molecule has 0 amide bonds. The fourth-order valence-electron chi connectivity index (χ4n) is 2.19. The normalized spacial score (nSPS) is 15.9. The van der Waals surface area contributed by atoms with Crippen LogP contribution in [-0.2, 0) is 0 Å². The van der Waals surface area contributed by atoms with E-state index in [0.717, 1.165) is 6.54 Å². The molecule has 0 fully saturated rings. The first kappa shape index (κ1) is 12.3. The number of aromatic amines is 1. The first-order valence-corrected chi connectivity index (χ1v) is 5.57. The molecule has 0 radical (unpaired) electrons. The molecule has 3 N–H and O–H groups in total. The highest BCUT2D eigenvalue weighted by Gasteiger charge is 2.27. The molecule has 3 nitrogen and oxygen atoms in total. The molecule has 3 heteroatoms. The van der Waals surface area contributed by atoms with Crippen molar-refractivity contribution in [1.29, 1.82) is 0 Å². The Kier molecular flexibility index (Phi) is 4.36. The van der Waals surface area contributed by atoms with Gasteiger partial charge >= 0.3 is 0 Å². The maximum absolute atomic E-state index is 5.88. The summed E-state index contributed by atoms with van der Waals surface area (Å²) in [6.45, 7) is 5.19. The summed E-state index contributed by atoms with van der Waals surface area (Å²) in [6, 6.07) is 4.56. The average molecular weight is 209 g/mol. The van der Waals surface area contributed by atoms with Crippen LogP contribution in [0.2, 0.25) is 0 Å². The topological polar surface area (TPSA) is 45.1 Å². The summed E-state index contributed by atoms with van der Waals surface area (Å²) in [4.78, 5) is 5.53. The van der Waals surface area contributed by atoms with Crippen LogP contribution in [0.15, 0.2) is 18.3 Å². The van der Waals surface area contributed by atoms with E-state index < -0.39 is 0 Å². The molecule has 0 aliphatic carbocycles. The molecule has 0 aliphatic rings. The van der Waals surface area contributed by atoms with Crippen LogP contribution in [0.5, 0.6) is 0 Å². The van der Waals surface area contributed by atoms with E-state index in [-0.39, 0.29) is 0 Å². The first-order valence-electron chi connectivity index (χ1n) is 5.57. The fourth-order valence-corrected chi connectivity index (χ4v) is 2.19. The van der Waals surface area contributed by atoms with Crippen molar-refractivity contribution in [3.63, 3.8) is 0 Å². The minimum Gasteiger partial charge on any atom is -0.364 e. The lowest BCUT2D eigenvalue weighted by Gasteiger charge is -2.33. The summed E-state index contributed by atoms with van der Waals surface area (Å²) in [7, 11) is 4.22. The Hall–Kier alpha value is -0.800. The van der Waals surface area contributed by atoms with Crippen LogP contribution in [0.1, 0.15) is 25.6 Å². The van der Waals surface area contributed by atoms with Crippen LogP contribution >= 0.6 is 0 Å². The van der Waals surface area contributed by atoms with Gasteiger partial charge in [0, 0.05) is 11.9 Å². The summed E-state index contributed by atoms with van der Waals surface area (Å²) in [5, 5.41) is 0. The van der Waals surface area contributed by atoms with Crippen LogP contribution in [0, 0.1) is 11.8 Å². The molecule has 0 aliphatic heterocycles. The number of rotatable bonds is 5. The minimum atomic E-state index is 0.380. The average Bonchev–Trinajstić information content (AvgIpc) is 2.64. The maximum atomic E-state index is 5.88. The van der Waals surface area contributed by atoms with Gasteiger partial charge in [-0.15, -0.1) is 0 Å². The van der Waals surface area contributed by atoms with E-state index in [1.54, 1.807) is 0 Å². The van der Waals surface area contributed by atoms with Gasteiger partial charge in [-0.3, -0.25) is 0 Å². The Bertz CT molecular complexity index is 264. The first-order chi connectivity index (χ1) is 7.07. The van der Waals surface area contributed by atoms with Gasteiger partial charge in [0.15, 0.2) is 0 Å². The monoisotopic (exact) mass is 209 g/mol. The van der Waals surface area contributed by atoms with E-state index >= 15 is 0 Å². The molecule has 0 saturated heterocycles. The maximum Gasteiger partial charge on any atom is 0.0536 e. The van der Waals surface area contributed by atoms with Crippen LogP contribution in [0.25, 0.3) is 0 Å². The second-order valence-electron chi connectivity index (χ2n) is 4.68. The van der Waals surface area contributed by atoms with Gasteiger partial charge in [0.25, 0.3) is 0 Å². The van der Waals surface area contributed by atoms with Gasteiger partial charge in [0.2, 0.25) is 0 Å². The third-order valence-electron chi connectivity index (χ3n) is 3.03. The number of H-pyrrole nitrogens is 1. The van der Waals surface area contributed by atoms with Crippen LogP contribution in [0.4, 0.5) is 0 Å². The predicted octanol–water partition coefficient (Wildman–Crippen LogP) is 1.85. The smallest absolute Gasteiger partial charge is 0.0536 e. The standard InChI is InChI=1S/C12H23N3/c1-9(2)10(8-13)12(15(3)4)11-6-5-7-14-11/h5-7,9-10,12,14H,8,13H2,1-4H3. The number of nitrogens with one attached hydrogen (secondary N) is 1. The van der Waals surface area contributed by atoms with Crippen molar-refractivity contribution in [1.82, 2.24) is 9.88 Å². The van der Waals surface area contributed by atoms with Crippen molar-refractivity contribution >= 4 is 0 Å². The van der Waals surface area contributed by atoms with E-state index in [2.05, 4.69) is 43.9 Å². The van der Waals surface area contributed by atoms with Gasteiger partial charge in [-0.2, -0.15) is 0 Å². The summed E-state index contributed by atoms with van der Waals surface area (Å²) < 4.78 is 0. The van der Waals surface area contributed by atoms with Crippen LogP contribution < -0.4 is 5.73 Å². The number of nitrogens with zero attached hydrogens (tertiary/aromatic N) is 1. The third kappa shape index (κ3) is 2.83. The van der Waals surface area contributed by atoms with E-state index in [9.17, 15) is 0 Å². The molecular formula is C12H23N3. The van der Waals surface area contributed by atoms with Gasteiger partial charge in [-0.25, -0.2) is 0 Å². The summed E-state index contributed by atoms with van der Waals surface area (Å²) >= 11 is 0. The lowest BCUT2D eigenvalue weighted by molar-refractivity contribution is 0.172. The summed E-state index contributed by atoms with van der Waals surface area (Å²) in [5.74, 6) is 1.07. The highest BCUT2D eigenvalue weighted by Crippen LogP contribution is 2.30. The molecule has 1 rings (SSSR count). The zero-order valence-corrected chi connectivity index (χ0v) is 10.2. The molecule has 0 aromatic carbocycles. The SMILES string of the molecule is CC(C)C(CN)C(c1ccc[nH]1)N(C)C. The number of hydrogen-bond acceptors (Lipinski definition) is 2. The predicted molar refractivity (Wildman–Crippen MR) is 64.6 cm³/mol. The second-order valence-corrected chi connectivity index (χ2v) is 4.68. The van der Waals surface area contributed by atoms with Gasteiger partial charge in [0.1, 0.15) is 0 Å². The van der Waals surface area contributed by atoms with Crippen molar-refractivity contribution < 1.29 is 0 Å². The number of hydrogen-bond donors (Lipinski definition) is 2. The molecule has 15 heavy (non-hydrogen) atoms. The Labute approximate surface area is 92.7 Å². The molecule has 2 unspecified atom stereocenters. The van der Waals surface area contributed by atoms with Crippen molar-refractivity contribution in [3.8, 4) is 0 Å². The second kappa shape index (κ2) is 5.33. The van der Waals surface area contributed by atoms with Crippen LogP contribution in [-0.4, -0.2) is 30.5 Å². The molecule has 1 aromatic heterocycles. The lowest BCUT2D eigenvalue weighted by atomic mass is 9.86. The van der Waals surface area contributed by atoms with Crippen molar-refractivity contribution in [2.75, 3.05) is 20.6 Å². The van der Waals surface area contributed by atoms with Crippen molar-refractivity contribution in [3.05, 3.63) is 24.0 Å². The van der Waals surface area contributed by atoms with E-state index in [1.165, 1.54) is 5.69 Å². The molecular weight excluding hydrogens is 186 g/mol. The minimum absolute atomic E-state index is 0.380. The van der Waals surface area contributed by atoms with Gasteiger partial charge in [0.05, 0.1) is 6.04 Å². The largest absolute Gasteiger partial charge is 0.364 e. The Morgan fingerprint density at radius 1 is 1.40 bits per heavy atom. The zero-order chi connectivity index (χ0) is 11.4. The molecule has 1 heterocycles. The van der Waals surface area contributed by atoms with Gasteiger partial charge in [-0.1, -0.05) is 13.8 Å². The molecule has 0 saturated carbocycles. The number of aromatic nitrogens is 1.